The van der Waals surface area contributed by atoms with Gasteiger partial charge in [0, 0.05) is 11.1 Å². The van der Waals surface area contributed by atoms with Gasteiger partial charge in [0.05, 0.1) is 11.2 Å². The Kier molecular flexibility index (Phi) is 3.75. The minimum Gasteiger partial charge on any atom is -0.504 e. The molecule has 0 spiro atoms. The number of aromatic hydroxyl groups is 2. The monoisotopic (exact) mass is 348 g/mol. The number of phenolic OH excluding ortho intramolecular Hbond substituents is 2. The summed E-state index contributed by atoms with van der Waals surface area (Å²) in [5, 5.41) is 27.7. The van der Waals surface area contributed by atoms with E-state index in [1.165, 1.54) is 18.3 Å². The second-order valence-corrected chi connectivity index (χ2v) is 6.06. The first-order chi connectivity index (χ1) is 12.1. The Bertz CT molecular complexity index is 971. The summed E-state index contributed by atoms with van der Waals surface area (Å²) < 4.78 is 0. The van der Waals surface area contributed by atoms with Gasteiger partial charge in [-0.2, -0.15) is 5.10 Å². The third kappa shape index (κ3) is 2.66. The zero-order valence-corrected chi connectivity index (χ0v) is 13.8. The van der Waals surface area contributed by atoms with Crippen molar-refractivity contribution in [3.8, 4) is 22.6 Å². The molecule has 4 nitrogen and oxygen atoms in total. The Morgan fingerprint density at radius 2 is 1.36 bits per heavy atom. The molecule has 0 atom stereocenters. The summed E-state index contributed by atoms with van der Waals surface area (Å²) >= 11 is 5.85. The largest absolute Gasteiger partial charge is 0.504 e. The van der Waals surface area contributed by atoms with E-state index < -0.39 is 0 Å². The van der Waals surface area contributed by atoms with E-state index in [1.54, 1.807) is 0 Å². The Morgan fingerprint density at radius 3 is 1.92 bits per heavy atom. The van der Waals surface area contributed by atoms with Crippen LogP contribution in [0, 0.1) is 0 Å². The summed E-state index contributed by atoms with van der Waals surface area (Å²) in [7, 11) is 0. The Morgan fingerprint density at radius 1 is 0.800 bits per heavy atom. The summed E-state index contributed by atoms with van der Waals surface area (Å²) in [6, 6.07) is 19.0. The highest BCUT2D eigenvalue weighted by Crippen LogP contribution is 2.37. The first kappa shape index (κ1) is 15.4. The zero-order chi connectivity index (χ0) is 17.4. The van der Waals surface area contributed by atoms with Crippen molar-refractivity contribution in [2.24, 2.45) is 10.2 Å². The molecule has 0 aromatic heterocycles. The molecule has 3 aromatic rings. The summed E-state index contributed by atoms with van der Waals surface area (Å²) in [4.78, 5) is 0. The van der Waals surface area contributed by atoms with E-state index >= 15 is 0 Å². The minimum atomic E-state index is -0.344. The summed E-state index contributed by atoms with van der Waals surface area (Å²) in [5.74, 6) is -0.637. The highest BCUT2D eigenvalue weighted by Gasteiger charge is 2.23. The van der Waals surface area contributed by atoms with E-state index in [0.717, 1.165) is 28.0 Å². The van der Waals surface area contributed by atoms with Crippen LogP contribution in [0.25, 0.3) is 11.1 Å². The van der Waals surface area contributed by atoms with Gasteiger partial charge < -0.3 is 10.2 Å². The average Bonchev–Trinajstić information content (AvgIpc) is 2.94. The number of nitrogens with zero attached hydrogens (tertiary/aromatic N) is 2. The predicted octanol–water partition coefficient (Wildman–Crippen LogP) is 4.60. The van der Waals surface area contributed by atoms with Gasteiger partial charge >= 0.3 is 0 Å². The number of benzene rings is 3. The van der Waals surface area contributed by atoms with Crippen LogP contribution in [0.2, 0.25) is 5.02 Å². The topological polar surface area (TPSA) is 65.2 Å². The third-order valence-corrected chi connectivity index (χ3v) is 4.37. The lowest BCUT2D eigenvalue weighted by atomic mass is 10.1. The number of rotatable bonds is 2. The van der Waals surface area contributed by atoms with E-state index in [4.69, 9.17) is 11.6 Å². The Balaban J connectivity index is 1.75. The number of hydrogen-bond acceptors (Lipinski definition) is 4. The molecule has 5 heteroatoms. The van der Waals surface area contributed by atoms with E-state index in [0.29, 0.717) is 5.56 Å². The fourth-order valence-electron chi connectivity index (χ4n) is 2.93. The maximum absolute atomic E-state index is 9.62. The molecule has 0 radical (unpaired) electrons. The first-order valence-electron chi connectivity index (χ1n) is 7.67. The summed E-state index contributed by atoms with van der Waals surface area (Å²) in [6.07, 6.45) is 1.49. The predicted molar refractivity (Wildman–Crippen MR) is 99.9 cm³/mol. The van der Waals surface area contributed by atoms with E-state index in [-0.39, 0.29) is 16.5 Å². The van der Waals surface area contributed by atoms with E-state index in [1.807, 2.05) is 36.4 Å². The molecule has 0 bridgehead atoms. The smallest absolute Gasteiger partial charge is 0.176 e. The molecule has 0 saturated heterocycles. The highest BCUT2D eigenvalue weighted by molar-refractivity contribution is 6.32. The van der Waals surface area contributed by atoms with Gasteiger partial charge in [-0.05, 0) is 28.8 Å². The van der Waals surface area contributed by atoms with Gasteiger partial charge in [0.25, 0.3) is 0 Å². The number of phenols is 2. The second-order valence-electron chi connectivity index (χ2n) is 5.65. The van der Waals surface area contributed by atoms with Crippen LogP contribution in [0.3, 0.4) is 0 Å². The molecular formula is C20H13ClN2O2. The van der Waals surface area contributed by atoms with E-state index in [2.05, 4.69) is 22.3 Å². The Labute approximate surface area is 149 Å². The lowest BCUT2D eigenvalue weighted by Crippen LogP contribution is -1.97. The van der Waals surface area contributed by atoms with Crippen molar-refractivity contribution in [2.75, 3.05) is 0 Å². The van der Waals surface area contributed by atoms with Crippen LogP contribution in [0.5, 0.6) is 11.5 Å². The van der Waals surface area contributed by atoms with Crippen molar-refractivity contribution in [3.63, 3.8) is 0 Å². The maximum atomic E-state index is 9.62. The number of fused-ring (bicyclic) bond motifs is 3. The lowest BCUT2D eigenvalue weighted by Gasteiger charge is -2.01. The van der Waals surface area contributed by atoms with Crippen molar-refractivity contribution in [1.29, 1.82) is 0 Å². The number of hydrogen-bond donors (Lipinski definition) is 2. The fraction of sp³-hybridized carbons (Fsp3) is 0. The SMILES string of the molecule is Oc1cc(/C=N/N=C2c3ccccc3-c3ccccc32)cc(Cl)c1O. The van der Waals surface area contributed by atoms with Crippen LogP contribution < -0.4 is 0 Å². The summed E-state index contributed by atoms with van der Waals surface area (Å²) in [5.41, 5.74) is 5.69. The van der Waals surface area contributed by atoms with Crippen molar-refractivity contribution in [1.82, 2.24) is 0 Å². The molecule has 0 aliphatic heterocycles. The van der Waals surface area contributed by atoms with Gasteiger partial charge in [0.1, 0.15) is 5.71 Å². The first-order valence-corrected chi connectivity index (χ1v) is 8.04. The molecule has 0 unspecified atom stereocenters. The molecule has 0 saturated carbocycles. The van der Waals surface area contributed by atoms with Crippen molar-refractivity contribution >= 4 is 23.5 Å². The van der Waals surface area contributed by atoms with Crippen LogP contribution in [0.4, 0.5) is 0 Å². The van der Waals surface area contributed by atoms with Gasteiger partial charge in [-0.1, -0.05) is 60.1 Å². The van der Waals surface area contributed by atoms with Crippen molar-refractivity contribution < 1.29 is 10.2 Å². The normalized spacial score (nSPS) is 12.3. The molecule has 0 heterocycles. The minimum absolute atomic E-state index is 0.0608. The maximum Gasteiger partial charge on any atom is 0.176 e. The number of halogens is 1. The summed E-state index contributed by atoms with van der Waals surface area (Å²) in [6.45, 7) is 0. The van der Waals surface area contributed by atoms with Crippen LogP contribution in [-0.4, -0.2) is 22.1 Å². The molecule has 3 aromatic carbocycles. The van der Waals surface area contributed by atoms with E-state index in [9.17, 15) is 10.2 Å². The van der Waals surface area contributed by atoms with Gasteiger partial charge in [-0.25, -0.2) is 0 Å². The van der Waals surface area contributed by atoms with Gasteiger partial charge in [-0.3, -0.25) is 0 Å². The van der Waals surface area contributed by atoms with Gasteiger partial charge in [0.2, 0.25) is 0 Å². The van der Waals surface area contributed by atoms with Crippen molar-refractivity contribution in [3.05, 3.63) is 82.4 Å². The molecule has 4 rings (SSSR count). The molecule has 0 amide bonds. The molecular weight excluding hydrogens is 336 g/mol. The lowest BCUT2D eigenvalue weighted by molar-refractivity contribution is 0.404. The van der Waals surface area contributed by atoms with Gasteiger partial charge in [-0.15, -0.1) is 5.10 Å². The molecule has 25 heavy (non-hydrogen) atoms. The van der Waals surface area contributed by atoms with Crippen LogP contribution in [-0.2, 0) is 0 Å². The highest BCUT2D eigenvalue weighted by atomic mass is 35.5. The standard InChI is InChI=1S/C20H13ClN2O2/c21-17-9-12(10-18(24)20(17)25)11-22-23-19-15-7-3-1-5-13(15)14-6-2-4-8-16(14)19/h1-11,24-25H/b22-11+. The molecule has 2 N–H and O–H groups in total. The molecule has 122 valence electrons. The van der Waals surface area contributed by atoms with Gasteiger partial charge in [0.15, 0.2) is 11.5 Å². The van der Waals surface area contributed by atoms with Crippen LogP contribution in [0.1, 0.15) is 16.7 Å². The molecule has 0 fully saturated rings. The zero-order valence-electron chi connectivity index (χ0n) is 13.0. The van der Waals surface area contributed by atoms with Crippen LogP contribution in [0.15, 0.2) is 70.9 Å². The second kappa shape index (κ2) is 6.07. The molecule has 1 aliphatic rings. The quantitative estimate of drug-likeness (QED) is 0.316. The Hall–Kier alpha value is -3.11. The van der Waals surface area contributed by atoms with Crippen molar-refractivity contribution in [2.45, 2.75) is 0 Å². The fourth-order valence-corrected chi connectivity index (χ4v) is 3.16. The average molecular weight is 349 g/mol. The molecule has 1 aliphatic carbocycles. The van der Waals surface area contributed by atoms with Crippen LogP contribution >= 0.6 is 11.6 Å². The third-order valence-electron chi connectivity index (χ3n) is 4.08.